The van der Waals surface area contributed by atoms with Gasteiger partial charge in [0.15, 0.2) is 5.96 Å². The number of rotatable bonds is 2. The number of aliphatic imine (C=N–C) groups is 1. The molecule has 0 amide bonds. The highest BCUT2D eigenvalue weighted by Gasteiger charge is 2.11. The Hall–Kier alpha value is -1.52. The quantitative estimate of drug-likeness (QED) is 0.543. The summed E-state index contributed by atoms with van der Waals surface area (Å²) >= 11 is 0. The van der Waals surface area contributed by atoms with Gasteiger partial charge in [0.1, 0.15) is 11.8 Å². The van der Waals surface area contributed by atoms with Crippen LogP contribution >= 0.6 is 0 Å². The van der Waals surface area contributed by atoms with Crippen LogP contribution in [0, 0.1) is 6.92 Å². The van der Waals surface area contributed by atoms with Crippen molar-refractivity contribution in [1.29, 1.82) is 0 Å². The van der Waals surface area contributed by atoms with Gasteiger partial charge in [-0.15, -0.1) is 0 Å². The summed E-state index contributed by atoms with van der Waals surface area (Å²) in [7, 11) is 3.52. The van der Waals surface area contributed by atoms with E-state index in [4.69, 9.17) is 4.42 Å². The van der Waals surface area contributed by atoms with Crippen molar-refractivity contribution in [3.8, 4) is 0 Å². The molecule has 1 rings (SSSR count). The zero-order valence-electron chi connectivity index (χ0n) is 8.96. The van der Waals surface area contributed by atoms with E-state index in [2.05, 4.69) is 20.6 Å². The van der Waals surface area contributed by atoms with Gasteiger partial charge in [-0.1, -0.05) is 0 Å². The van der Waals surface area contributed by atoms with Gasteiger partial charge in [0.05, 0.1) is 6.20 Å². The molecule has 0 aromatic carbocycles. The number of hydrogen-bond acceptors (Lipinski definition) is 3. The number of oxazole rings is 1. The van der Waals surface area contributed by atoms with Crippen molar-refractivity contribution in [3.05, 3.63) is 17.8 Å². The Labute approximate surface area is 83.6 Å². The highest BCUT2D eigenvalue weighted by Crippen LogP contribution is 2.11. The molecule has 5 heteroatoms. The molecule has 78 valence electrons. The molecule has 1 aromatic rings. The van der Waals surface area contributed by atoms with Crippen LogP contribution in [0.2, 0.25) is 0 Å². The summed E-state index contributed by atoms with van der Waals surface area (Å²) in [6.45, 7) is 3.84. The van der Waals surface area contributed by atoms with E-state index in [0.29, 0.717) is 11.9 Å². The molecule has 0 bridgehead atoms. The first-order valence-electron chi connectivity index (χ1n) is 4.50. The van der Waals surface area contributed by atoms with Crippen LogP contribution in [-0.4, -0.2) is 25.0 Å². The standard InChI is InChI=1S/C9H16N4O/c1-6-5-12-8(14-6)7(2)13-9(10-3)11-4/h5,7H,1-4H3,(H2,10,11,13). The van der Waals surface area contributed by atoms with Crippen LogP contribution in [0.15, 0.2) is 15.6 Å². The first kappa shape index (κ1) is 10.6. The number of aryl methyl sites for hydroxylation is 1. The highest BCUT2D eigenvalue weighted by atomic mass is 16.4. The Kier molecular flexibility index (Phi) is 3.50. The second-order valence-corrected chi connectivity index (χ2v) is 3.00. The lowest BCUT2D eigenvalue weighted by atomic mass is 10.3. The Morgan fingerprint density at radius 2 is 2.36 bits per heavy atom. The maximum absolute atomic E-state index is 5.38. The van der Waals surface area contributed by atoms with Crippen molar-refractivity contribution in [2.75, 3.05) is 14.1 Å². The van der Waals surface area contributed by atoms with E-state index in [1.807, 2.05) is 20.9 Å². The van der Waals surface area contributed by atoms with Gasteiger partial charge in [-0.05, 0) is 13.8 Å². The molecule has 0 radical (unpaired) electrons. The number of guanidine groups is 1. The third-order valence-electron chi connectivity index (χ3n) is 1.82. The van der Waals surface area contributed by atoms with Crippen molar-refractivity contribution in [2.45, 2.75) is 19.9 Å². The van der Waals surface area contributed by atoms with E-state index in [1.165, 1.54) is 0 Å². The predicted octanol–water partition coefficient (Wildman–Crippen LogP) is 0.839. The maximum atomic E-state index is 5.38. The fraction of sp³-hybridized carbons (Fsp3) is 0.556. The smallest absolute Gasteiger partial charge is 0.216 e. The van der Waals surface area contributed by atoms with Crippen LogP contribution in [0.1, 0.15) is 24.6 Å². The molecular formula is C9H16N4O. The summed E-state index contributed by atoms with van der Waals surface area (Å²) in [4.78, 5) is 8.13. The maximum Gasteiger partial charge on any atom is 0.216 e. The van der Waals surface area contributed by atoms with Gasteiger partial charge in [-0.25, -0.2) is 4.98 Å². The molecule has 1 heterocycles. The van der Waals surface area contributed by atoms with Crippen molar-refractivity contribution in [1.82, 2.24) is 15.6 Å². The Morgan fingerprint density at radius 1 is 1.64 bits per heavy atom. The molecular weight excluding hydrogens is 180 g/mol. The van der Waals surface area contributed by atoms with Gasteiger partial charge in [0, 0.05) is 14.1 Å². The molecule has 0 spiro atoms. The molecule has 5 nitrogen and oxygen atoms in total. The Morgan fingerprint density at radius 3 is 2.79 bits per heavy atom. The highest BCUT2D eigenvalue weighted by molar-refractivity contribution is 5.79. The first-order valence-corrected chi connectivity index (χ1v) is 4.50. The summed E-state index contributed by atoms with van der Waals surface area (Å²) in [6.07, 6.45) is 1.70. The van der Waals surface area contributed by atoms with Crippen LogP contribution in [0.25, 0.3) is 0 Å². The van der Waals surface area contributed by atoms with Gasteiger partial charge in [0.25, 0.3) is 0 Å². The summed E-state index contributed by atoms with van der Waals surface area (Å²) in [5.74, 6) is 2.19. The van der Waals surface area contributed by atoms with Gasteiger partial charge in [-0.2, -0.15) is 0 Å². The third kappa shape index (κ3) is 2.48. The summed E-state index contributed by atoms with van der Waals surface area (Å²) < 4.78 is 5.38. The minimum absolute atomic E-state index is 0.00912. The first-order chi connectivity index (χ1) is 6.67. The van der Waals surface area contributed by atoms with E-state index in [1.54, 1.807) is 13.2 Å². The zero-order chi connectivity index (χ0) is 10.6. The SMILES string of the molecule is CN=C(NC)NC(C)c1ncc(C)o1. The van der Waals surface area contributed by atoms with E-state index >= 15 is 0 Å². The molecule has 0 aliphatic rings. The zero-order valence-corrected chi connectivity index (χ0v) is 8.96. The molecule has 2 N–H and O–H groups in total. The van der Waals surface area contributed by atoms with Gasteiger partial charge in [0.2, 0.25) is 5.89 Å². The lowest BCUT2D eigenvalue weighted by Crippen LogP contribution is -2.36. The normalized spacial score (nSPS) is 13.9. The lowest BCUT2D eigenvalue weighted by molar-refractivity contribution is 0.428. The molecule has 0 fully saturated rings. The van der Waals surface area contributed by atoms with Gasteiger partial charge >= 0.3 is 0 Å². The molecule has 1 atom stereocenters. The van der Waals surface area contributed by atoms with Crippen molar-refractivity contribution in [2.24, 2.45) is 4.99 Å². The Balaban J connectivity index is 2.62. The summed E-state index contributed by atoms with van der Waals surface area (Å²) in [6, 6.07) is 0.00912. The van der Waals surface area contributed by atoms with Crippen LogP contribution in [-0.2, 0) is 0 Å². The molecule has 14 heavy (non-hydrogen) atoms. The van der Waals surface area contributed by atoms with Gasteiger partial charge < -0.3 is 15.1 Å². The number of nitrogens with one attached hydrogen (secondary N) is 2. The second-order valence-electron chi connectivity index (χ2n) is 3.00. The minimum Gasteiger partial charge on any atom is -0.444 e. The predicted molar refractivity (Wildman–Crippen MR) is 55.2 cm³/mol. The fourth-order valence-corrected chi connectivity index (χ4v) is 1.09. The largest absolute Gasteiger partial charge is 0.444 e. The average Bonchev–Trinajstić information content (AvgIpc) is 2.61. The topological polar surface area (TPSA) is 62.5 Å². The minimum atomic E-state index is 0.00912. The second kappa shape index (κ2) is 4.64. The van der Waals surface area contributed by atoms with Gasteiger partial charge in [-0.3, -0.25) is 4.99 Å². The van der Waals surface area contributed by atoms with Crippen molar-refractivity contribution in [3.63, 3.8) is 0 Å². The fourth-order valence-electron chi connectivity index (χ4n) is 1.09. The monoisotopic (exact) mass is 196 g/mol. The Bertz CT molecular complexity index is 318. The molecule has 1 unspecified atom stereocenters. The van der Waals surface area contributed by atoms with Crippen LogP contribution < -0.4 is 10.6 Å². The summed E-state index contributed by atoms with van der Waals surface area (Å²) in [5.41, 5.74) is 0. The number of hydrogen-bond donors (Lipinski definition) is 2. The van der Waals surface area contributed by atoms with E-state index in [0.717, 1.165) is 5.76 Å². The summed E-state index contributed by atoms with van der Waals surface area (Å²) in [5, 5.41) is 6.06. The van der Waals surface area contributed by atoms with Crippen LogP contribution in [0.4, 0.5) is 0 Å². The average molecular weight is 196 g/mol. The molecule has 0 aliphatic heterocycles. The molecule has 1 aromatic heterocycles. The van der Waals surface area contributed by atoms with Crippen LogP contribution in [0.3, 0.4) is 0 Å². The van der Waals surface area contributed by atoms with Crippen molar-refractivity contribution >= 4 is 5.96 Å². The number of nitrogens with zero attached hydrogens (tertiary/aromatic N) is 2. The van der Waals surface area contributed by atoms with E-state index < -0.39 is 0 Å². The van der Waals surface area contributed by atoms with Crippen LogP contribution in [0.5, 0.6) is 0 Å². The lowest BCUT2D eigenvalue weighted by Gasteiger charge is -2.12. The van der Waals surface area contributed by atoms with Crippen molar-refractivity contribution < 1.29 is 4.42 Å². The van der Waals surface area contributed by atoms with E-state index in [9.17, 15) is 0 Å². The van der Waals surface area contributed by atoms with E-state index in [-0.39, 0.29) is 6.04 Å². The third-order valence-corrected chi connectivity index (χ3v) is 1.82. The molecule has 0 saturated heterocycles. The number of aromatic nitrogens is 1. The molecule has 0 aliphatic carbocycles. The molecule has 0 saturated carbocycles.